The molecule has 0 radical (unpaired) electrons. The summed E-state index contributed by atoms with van der Waals surface area (Å²) in [5.41, 5.74) is -3.63. The quantitative estimate of drug-likeness (QED) is 0.614. The predicted molar refractivity (Wildman–Crippen MR) is 79.3 cm³/mol. The first kappa shape index (κ1) is 19.4. The van der Waals surface area contributed by atoms with Gasteiger partial charge in [0.15, 0.2) is 0 Å². The average Bonchev–Trinajstić information content (AvgIpc) is 2.40. The molecule has 10 heteroatoms. The lowest BCUT2D eigenvalue weighted by atomic mass is 10.1. The number of hydrogen-bond acceptors (Lipinski definition) is 4. The second kappa shape index (κ2) is 7.27. The number of alkyl halides is 3. The molecule has 1 rings (SSSR count). The van der Waals surface area contributed by atoms with Crippen molar-refractivity contribution in [1.82, 2.24) is 5.32 Å². The third kappa shape index (κ3) is 4.42. The van der Waals surface area contributed by atoms with Crippen LogP contribution in [0.1, 0.15) is 13.8 Å². The monoisotopic (exact) mass is 372 g/mol. The third-order valence-corrected chi connectivity index (χ3v) is 3.36. The van der Waals surface area contributed by atoms with Gasteiger partial charge < -0.3 is 15.4 Å². The van der Waals surface area contributed by atoms with Gasteiger partial charge in [-0.15, -0.1) is 0 Å². The molecule has 1 atom stereocenters. The highest BCUT2D eigenvalue weighted by Gasteiger charge is 2.63. The Hall–Kier alpha value is -1.67. The molecule has 2 N–H and O–H groups in total. The molecular weight excluding hydrogens is 360 g/mol. The molecule has 1 aromatic rings. The molecule has 0 aliphatic rings. The lowest BCUT2D eigenvalue weighted by Crippen LogP contribution is -2.69. The number of anilines is 1. The minimum Gasteiger partial charge on any atom is -0.463 e. The minimum atomic E-state index is -5.18. The summed E-state index contributed by atoms with van der Waals surface area (Å²) >= 11 is 11.4. The molecule has 23 heavy (non-hydrogen) atoms. The van der Waals surface area contributed by atoms with Crippen LogP contribution in [0.3, 0.4) is 0 Å². The number of halogens is 5. The van der Waals surface area contributed by atoms with E-state index in [-0.39, 0.29) is 22.3 Å². The molecule has 0 aliphatic carbocycles. The molecule has 0 heterocycles. The molecule has 1 amide bonds. The number of amides is 1. The van der Waals surface area contributed by atoms with E-state index in [9.17, 15) is 22.8 Å². The van der Waals surface area contributed by atoms with Crippen molar-refractivity contribution in [2.75, 3.05) is 11.9 Å². The molecule has 0 aromatic heterocycles. The SMILES string of the molecule is CCOC(=O)C(NC(C)=O)(Nc1ccc(Cl)c(Cl)c1)C(F)(F)F. The van der Waals surface area contributed by atoms with Crippen LogP contribution in [-0.2, 0) is 14.3 Å². The normalized spacial score (nSPS) is 13.9. The highest BCUT2D eigenvalue weighted by molar-refractivity contribution is 6.42. The third-order valence-electron chi connectivity index (χ3n) is 2.62. The van der Waals surface area contributed by atoms with Crippen LogP contribution >= 0.6 is 23.2 Å². The maximum atomic E-state index is 13.5. The van der Waals surface area contributed by atoms with Gasteiger partial charge in [-0.3, -0.25) is 4.79 Å². The van der Waals surface area contributed by atoms with E-state index in [0.29, 0.717) is 0 Å². The molecule has 0 bridgehead atoms. The fraction of sp³-hybridized carbons (Fsp3) is 0.385. The second-order valence-electron chi connectivity index (χ2n) is 4.40. The van der Waals surface area contributed by atoms with Gasteiger partial charge in [0.05, 0.1) is 16.7 Å². The van der Waals surface area contributed by atoms with E-state index in [1.165, 1.54) is 19.1 Å². The van der Waals surface area contributed by atoms with Crippen LogP contribution in [-0.4, -0.2) is 30.3 Å². The van der Waals surface area contributed by atoms with Crippen LogP contribution in [0.15, 0.2) is 18.2 Å². The van der Waals surface area contributed by atoms with Crippen molar-refractivity contribution in [2.45, 2.75) is 25.7 Å². The largest absolute Gasteiger partial charge is 0.463 e. The highest BCUT2D eigenvalue weighted by atomic mass is 35.5. The Morgan fingerprint density at radius 2 is 1.83 bits per heavy atom. The van der Waals surface area contributed by atoms with Gasteiger partial charge in [0.1, 0.15) is 0 Å². The summed E-state index contributed by atoms with van der Waals surface area (Å²) in [6, 6.07) is 3.51. The van der Waals surface area contributed by atoms with E-state index in [1.54, 1.807) is 5.32 Å². The lowest BCUT2D eigenvalue weighted by molar-refractivity contribution is -0.207. The Morgan fingerprint density at radius 1 is 1.22 bits per heavy atom. The zero-order chi connectivity index (χ0) is 17.8. The summed E-state index contributed by atoms with van der Waals surface area (Å²) in [5, 5.41) is 3.60. The maximum Gasteiger partial charge on any atom is 0.441 e. The van der Waals surface area contributed by atoms with E-state index in [1.807, 2.05) is 5.32 Å². The molecule has 0 saturated heterocycles. The number of esters is 1. The van der Waals surface area contributed by atoms with Crippen LogP contribution in [0, 0.1) is 0 Å². The van der Waals surface area contributed by atoms with Gasteiger partial charge in [-0.2, -0.15) is 13.2 Å². The maximum absolute atomic E-state index is 13.5. The Bertz CT molecular complexity index is 611. The zero-order valence-corrected chi connectivity index (χ0v) is 13.6. The molecule has 1 aromatic carbocycles. The summed E-state index contributed by atoms with van der Waals surface area (Å²) in [4.78, 5) is 23.1. The van der Waals surface area contributed by atoms with Gasteiger partial charge in [0, 0.05) is 12.6 Å². The Balaban J connectivity index is 3.38. The van der Waals surface area contributed by atoms with Crippen LogP contribution in [0.5, 0.6) is 0 Å². The first-order chi connectivity index (χ1) is 10.5. The molecule has 0 saturated carbocycles. The van der Waals surface area contributed by atoms with Crippen LogP contribution < -0.4 is 10.6 Å². The first-order valence-electron chi connectivity index (χ1n) is 6.29. The van der Waals surface area contributed by atoms with Crippen molar-refractivity contribution >= 4 is 40.8 Å². The van der Waals surface area contributed by atoms with E-state index < -0.39 is 23.7 Å². The van der Waals surface area contributed by atoms with Gasteiger partial charge in [-0.1, -0.05) is 23.2 Å². The van der Waals surface area contributed by atoms with Crippen molar-refractivity contribution in [2.24, 2.45) is 0 Å². The summed E-state index contributed by atoms with van der Waals surface area (Å²) in [7, 11) is 0. The van der Waals surface area contributed by atoms with Crippen molar-refractivity contribution in [1.29, 1.82) is 0 Å². The number of rotatable bonds is 5. The van der Waals surface area contributed by atoms with Gasteiger partial charge in [0.25, 0.3) is 0 Å². The predicted octanol–water partition coefficient (Wildman–Crippen LogP) is 3.36. The Kier molecular flexibility index (Phi) is 6.12. The topological polar surface area (TPSA) is 67.4 Å². The molecule has 0 fully saturated rings. The minimum absolute atomic E-state index is 0.0283. The standard InChI is InChI=1S/C13H13Cl2F3N2O3/c1-3-23-11(22)12(13(16,17)18,19-7(2)21)20-8-4-5-9(14)10(15)6-8/h4-6,20H,3H2,1-2H3,(H,19,21). The second-order valence-corrected chi connectivity index (χ2v) is 5.22. The Labute approximate surface area is 140 Å². The summed E-state index contributed by atoms with van der Waals surface area (Å²) in [5.74, 6) is -2.78. The van der Waals surface area contributed by atoms with Gasteiger partial charge in [-0.05, 0) is 25.1 Å². The van der Waals surface area contributed by atoms with Crippen molar-refractivity contribution in [3.63, 3.8) is 0 Å². The summed E-state index contributed by atoms with van der Waals surface area (Å²) in [6.45, 7) is 1.88. The lowest BCUT2D eigenvalue weighted by Gasteiger charge is -2.35. The fourth-order valence-corrected chi connectivity index (χ4v) is 1.98. The summed E-state index contributed by atoms with van der Waals surface area (Å²) < 4.78 is 45.1. The molecule has 5 nitrogen and oxygen atoms in total. The average molecular weight is 373 g/mol. The van der Waals surface area contributed by atoms with E-state index >= 15 is 0 Å². The Morgan fingerprint density at radius 3 is 2.26 bits per heavy atom. The zero-order valence-electron chi connectivity index (χ0n) is 12.1. The van der Waals surface area contributed by atoms with Gasteiger partial charge in [0.2, 0.25) is 5.91 Å². The number of hydrogen-bond donors (Lipinski definition) is 2. The first-order valence-corrected chi connectivity index (χ1v) is 7.05. The molecule has 1 unspecified atom stereocenters. The number of nitrogens with one attached hydrogen (secondary N) is 2. The van der Waals surface area contributed by atoms with Crippen LogP contribution in [0.2, 0.25) is 10.0 Å². The fourth-order valence-electron chi connectivity index (χ4n) is 1.68. The van der Waals surface area contributed by atoms with E-state index in [2.05, 4.69) is 4.74 Å². The number of ether oxygens (including phenoxy) is 1. The van der Waals surface area contributed by atoms with Crippen molar-refractivity contribution in [3.8, 4) is 0 Å². The molecular formula is C13H13Cl2F3N2O3. The molecule has 0 spiro atoms. The number of carbonyl (C=O) groups is 2. The highest BCUT2D eigenvalue weighted by Crippen LogP contribution is 2.34. The van der Waals surface area contributed by atoms with Crippen molar-refractivity contribution < 1.29 is 27.5 Å². The summed E-state index contributed by atoms with van der Waals surface area (Å²) in [6.07, 6.45) is -5.18. The van der Waals surface area contributed by atoms with Crippen LogP contribution in [0.4, 0.5) is 18.9 Å². The van der Waals surface area contributed by atoms with Gasteiger partial charge >= 0.3 is 17.8 Å². The molecule has 0 aliphatic heterocycles. The molecule has 128 valence electrons. The van der Waals surface area contributed by atoms with E-state index in [0.717, 1.165) is 13.0 Å². The number of benzene rings is 1. The van der Waals surface area contributed by atoms with Gasteiger partial charge in [-0.25, -0.2) is 4.79 Å². The smallest absolute Gasteiger partial charge is 0.441 e. The van der Waals surface area contributed by atoms with E-state index in [4.69, 9.17) is 23.2 Å². The van der Waals surface area contributed by atoms with Crippen molar-refractivity contribution in [3.05, 3.63) is 28.2 Å². The van der Waals surface area contributed by atoms with Crippen LogP contribution in [0.25, 0.3) is 0 Å². The number of carbonyl (C=O) groups excluding carboxylic acids is 2.